The van der Waals surface area contributed by atoms with Crippen LogP contribution >= 0.6 is 0 Å². The van der Waals surface area contributed by atoms with Crippen molar-refractivity contribution < 1.29 is 4.79 Å². The topological polar surface area (TPSA) is 47.8 Å². The summed E-state index contributed by atoms with van der Waals surface area (Å²) in [6, 6.07) is 6.46. The lowest BCUT2D eigenvalue weighted by atomic mass is 10.1. The molecule has 1 saturated carbocycles. The number of ketones is 1. The number of nitrogens with zero attached hydrogens (tertiary/aromatic N) is 3. The Bertz CT molecular complexity index is 585. The van der Waals surface area contributed by atoms with Crippen LogP contribution in [-0.2, 0) is 17.6 Å². The average molecular weight is 283 g/mol. The second-order valence-corrected chi connectivity index (χ2v) is 5.80. The van der Waals surface area contributed by atoms with Crippen LogP contribution in [0.2, 0.25) is 0 Å². The molecule has 21 heavy (non-hydrogen) atoms. The van der Waals surface area contributed by atoms with E-state index in [9.17, 15) is 4.79 Å². The largest absolute Gasteiger partial charge is 0.299 e. The van der Waals surface area contributed by atoms with Gasteiger partial charge in [0, 0.05) is 25.0 Å². The molecule has 1 fully saturated rings. The summed E-state index contributed by atoms with van der Waals surface area (Å²) < 4.78 is 2.05. The van der Waals surface area contributed by atoms with Crippen LogP contribution in [0.3, 0.4) is 0 Å². The van der Waals surface area contributed by atoms with Crippen LogP contribution in [0.15, 0.2) is 36.8 Å². The number of aryl methyl sites for hydroxylation is 1. The molecule has 2 heterocycles. The first-order valence-electron chi connectivity index (χ1n) is 7.76. The van der Waals surface area contributed by atoms with Crippen molar-refractivity contribution in [1.29, 1.82) is 0 Å². The van der Waals surface area contributed by atoms with Gasteiger partial charge in [-0.05, 0) is 43.0 Å². The van der Waals surface area contributed by atoms with Gasteiger partial charge in [-0.2, -0.15) is 5.10 Å². The highest BCUT2D eigenvalue weighted by Gasteiger charge is 2.18. The summed E-state index contributed by atoms with van der Waals surface area (Å²) in [4.78, 5) is 16.0. The van der Waals surface area contributed by atoms with Crippen molar-refractivity contribution in [2.45, 2.75) is 51.0 Å². The summed E-state index contributed by atoms with van der Waals surface area (Å²) >= 11 is 0. The molecule has 4 nitrogen and oxygen atoms in total. The van der Waals surface area contributed by atoms with Crippen molar-refractivity contribution in [1.82, 2.24) is 14.8 Å². The van der Waals surface area contributed by atoms with Gasteiger partial charge in [0.05, 0.1) is 18.2 Å². The summed E-state index contributed by atoms with van der Waals surface area (Å²) in [5.74, 6) is 0.253. The molecule has 1 aliphatic carbocycles. The van der Waals surface area contributed by atoms with E-state index in [1.165, 1.54) is 25.7 Å². The Morgan fingerprint density at radius 1 is 1.19 bits per heavy atom. The molecular weight excluding hydrogens is 262 g/mol. The third-order valence-corrected chi connectivity index (χ3v) is 4.18. The fourth-order valence-electron chi connectivity index (χ4n) is 2.97. The second kappa shape index (κ2) is 6.66. The fourth-order valence-corrected chi connectivity index (χ4v) is 2.97. The monoisotopic (exact) mass is 283 g/mol. The normalized spacial score (nSPS) is 15.4. The summed E-state index contributed by atoms with van der Waals surface area (Å²) in [6.07, 6.45) is 12.4. The summed E-state index contributed by atoms with van der Waals surface area (Å²) in [5, 5.41) is 4.57. The van der Waals surface area contributed by atoms with Crippen molar-refractivity contribution in [3.05, 3.63) is 48.0 Å². The van der Waals surface area contributed by atoms with Crippen LogP contribution in [0, 0.1) is 0 Å². The second-order valence-electron chi connectivity index (χ2n) is 5.80. The SMILES string of the molecule is O=C(CCc1ccncc1)Cc1ccn(C2CCCC2)n1. The van der Waals surface area contributed by atoms with Crippen molar-refractivity contribution in [3.63, 3.8) is 0 Å². The highest BCUT2D eigenvalue weighted by molar-refractivity contribution is 5.80. The molecule has 3 rings (SSSR count). The molecule has 0 unspecified atom stereocenters. The number of hydrogen-bond donors (Lipinski definition) is 0. The number of Topliss-reactive ketones (excluding diaryl/α,β-unsaturated/α-hetero) is 1. The van der Waals surface area contributed by atoms with E-state index in [2.05, 4.69) is 14.8 Å². The van der Waals surface area contributed by atoms with Crippen LogP contribution in [0.4, 0.5) is 0 Å². The van der Waals surface area contributed by atoms with Gasteiger partial charge in [0.25, 0.3) is 0 Å². The molecule has 0 atom stereocenters. The Kier molecular flexibility index (Phi) is 4.43. The summed E-state index contributed by atoms with van der Waals surface area (Å²) in [5.41, 5.74) is 2.07. The Morgan fingerprint density at radius 2 is 1.95 bits per heavy atom. The summed E-state index contributed by atoms with van der Waals surface area (Å²) in [7, 11) is 0. The number of pyridine rings is 1. The van der Waals surface area contributed by atoms with Crippen LogP contribution < -0.4 is 0 Å². The molecule has 1 aliphatic rings. The zero-order valence-electron chi connectivity index (χ0n) is 12.2. The number of rotatable bonds is 6. The van der Waals surface area contributed by atoms with Crippen molar-refractivity contribution in [2.24, 2.45) is 0 Å². The van der Waals surface area contributed by atoms with Gasteiger partial charge < -0.3 is 0 Å². The third kappa shape index (κ3) is 3.78. The van der Waals surface area contributed by atoms with Crippen LogP contribution in [-0.4, -0.2) is 20.5 Å². The molecule has 0 spiro atoms. The standard InChI is InChI=1S/C17H21N3O/c21-17(6-5-14-7-10-18-11-8-14)13-15-9-12-20(19-15)16-3-1-2-4-16/h7-12,16H,1-6,13H2. The molecule has 0 saturated heterocycles. The van der Waals surface area contributed by atoms with Gasteiger partial charge in [-0.1, -0.05) is 12.8 Å². The van der Waals surface area contributed by atoms with Crippen molar-refractivity contribution in [3.8, 4) is 0 Å². The van der Waals surface area contributed by atoms with E-state index in [1.54, 1.807) is 12.4 Å². The van der Waals surface area contributed by atoms with Gasteiger partial charge in [0.2, 0.25) is 0 Å². The van der Waals surface area contributed by atoms with Crippen LogP contribution in [0.1, 0.15) is 49.4 Å². The Labute approximate surface area is 125 Å². The smallest absolute Gasteiger partial charge is 0.139 e. The molecular formula is C17H21N3O. The average Bonchev–Trinajstić information content (AvgIpc) is 3.17. The molecule has 2 aromatic heterocycles. The molecule has 0 aliphatic heterocycles. The first-order chi connectivity index (χ1) is 10.3. The Balaban J connectivity index is 1.50. The third-order valence-electron chi connectivity index (χ3n) is 4.18. The zero-order valence-corrected chi connectivity index (χ0v) is 12.2. The highest BCUT2D eigenvalue weighted by atomic mass is 16.1. The van der Waals surface area contributed by atoms with E-state index in [0.717, 1.165) is 17.7 Å². The Morgan fingerprint density at radius 3 is 2.71 bits per heavy atom. The minimum atomic E-state index is 0.253. The highest BCUT2D eigenvalue weighted by Crippen LogP contribution is 2.28. The number of carbonyl (C=O) groups excluding carboxylic acids is 1. The first kappa shape index (κ1) is 14.0. The lowest BCUT2D eigenvalue weighted by Gasteiger charge is -2.08. The van der Waals surface area contributed by atoms with Gasteiger partial charge in [-0.15, -0.1) is 0 Å². The molecule has 2 aromatic rings. The van der Waals surface area contributed by atoms with E-state index in [-0.39, 0.29) is 5.78 Å². The fraction of sp³-hybridized carbons (Fsp3) is 0.471. The molecule has 0 N–H and O–H groups in total. The lowest BCUT2D eigenvalue weighted by Crippen LogP contribution is -2.08. The maximum Gasteiger partial charge on any atom is 0.139 e. The molecule has 110 valence electrons. The van der Waals surface area contributed by atoms with E-state index >= 15 is 0 Å². The first-order valence-corrected chi connectivity index (χ1v) is 7.76. The predicted octanol–water partition coefficient (Wildman–Crippen LogP) is 3.14. The van der Waals surface area contributed by atoms with Gasteiger partial charge in [0.1, 0.15) is 5.78 Å². The molecule has 0 aromatic carbocycles. The number of carbonyl (C=O) groups is 1. The van der Waals surface area contributed by atoms with Crippen molar-refractivity contribution >= 4 is 5.78 Å². The van der Waals surface area contributed by atoms with E-state index < -0.39 is 0 Å². The molecule has 0 amide bonds. The van der Waals surface area contributed by atoms with E-state index in [0.29, 0.717) is 18.9 Å². The van der Waals surface area contributed by atoms with Crippen LogP contribution in [0.5, 0.6) is 0 Å². The minimum Gasteiger partial charge on any atom is -0.299 e. The van der Waals surface area contributed by atoms with Gasteiger partial charge in [-0.25, -0.2) is 0 Å². The predicted molar refractivity (Wildman–Crippen MR) is 81.0 cm³/mol. The maximum absolute atomic E-state index is 12.1. The van der Waals surface area contributed by atoms with E-state index in [1.807, 2.05) is 24.4 Å². The van der Waals surface area contributed by atoms with Gasteiger partial charge in [-0.3, -0.25) is 14.5 Å². The number of aromatic nitrogens is 3. The van der Waals surface area contributed by atoms with Gasteiger partial charge in [0.15, 0.2) is 0 Å². The Hall–Kier alpha value is -1.97. The summed E-state index contributed by atoms with van der Waals surface area (Å²) in [6.45, 7) is 0. The quantitative estimate of drug-likeness (QED) is 0.818. The lowest BCUT2D eigenvalue weighted by molar-refractivity contribution is -0.118. The molecule has 0 bridgehead atoms. The van der Waals surface area contributed by atoms with Crippen LogP contribution in [0.25, 0.3) is 0 Å². The van der Waals surface area contributed by atoms with E-state index in [4.69, 9.17) is 0 Å². The maximum atomic E-state index is 12.1. The molecule has 4 heteroatoms. The van der Waals surface area contributed by atoms with Crippen molar-refractivity contribution in [2.75, 3.05) is 0 Å². The van der Waals surface area contributed by atoms with Gasteiger partial charge >= 0.3 is 0 Å². The minimum absolute atomic E-state index is 0.253. The zero-order chi connectivity index (χ0) is 14.5. The molecule has 0 radical (unpaired) electrons. The number of hydrogen-bond acceptors (Lipinski definition) is 3.